The van der Waals surface area contributed by atoms with Gasteiger partial charge in [0.2, 0.25) is 0 Å². The van der Waals surface area contributed by atoms with Crippen molar-refractivity contribution >= 4 is 11.4 Å². The molecule has 1 rings (SSSR count). The molecule has 0 aliphatic heterocycles. The molecule has 162 valence electrons. The Kier molecular flexibility index (Phi) is 14.9. The summed E-state index contributed by atoms with van der Waals surface area (Å²) in [5, 5.41) is 7.49. The van der Waals surface area contributed by atoms with Crippen LogP contribution < -0.4 is 10.6 Å². The first-order valence-electron chi connectivity index (χ1n) is 12.3. The maximum atomic E-state index is 3.75. The monoisotopic (exact) mass is 388 g/mol. The van der Waals surface area contributed by atoms with Gasteiger partial charge in [0.25, 0.3) is 0 Å². The number of rotatable bonds is 18. The third kappa shape index (κ3) is 12.3. The van der Waals surface area contributed by atoms with Crippen LogP contribution in [0, 0.1) is 0 Å². The summed E-state index contributed by atoms with van der Waals surface area (Å²) in [7, 11) is 0. The lowest BCUT2D eigenvalue weighted by Gasteiger charge is -2.22. The fourth-order valence-corrected chi connectivity index (χ4v) is 3.87. The number of hydrogen-bond donors (Lipinski definition) is 2. The lowest BCUT2D eigenvalue weighted by molar-refractivity contribution is 0.565. The fraction of sp³-hybridized carbons (Fsp3) is 0.769. The summed E-state index contributed by atoms with van der Waals surface area (Å²) in [6, 6.07) is 9.79. The first-order chi connectivity index (χ1) is 13.7. The van der Waals surface area contributed by atoms with Crippen molar-refractivity contribution in [2.24, 2.45) is 0 Å². The zero-order chi connectivity index (χ0) is 20.5. The minimum Gasteiger partial charge on any atom is -0.381 e. The molecule has 0 saturated carbocycles. The van der Waals surface area contributed by atoms with Crippen LogP contribution in [0.3, 0.4) is 0 Å². The molecule has 28 heavy (non-hydrogen) atoms. The fourth-order valence-electron chi connectivity index (χ4n) is 3.87. The lowest BCUT2D eigenvalue weighted by Crippen LogP contribution is -2.19. The molecule has 1 aromatic rings. The van der Waals surface area contributed by atoms with Crippen LogP contribution in [0.4, 0.5) is 11.4 Å². The minimum absolute atomic E-state index is 0.531. The number of unbranched alkanes of at least 4 members (excludes halogenated alkanes) is 10. The molecule has 2 heteroatoms. The molecule has 2 atom stereocenters. The average molecular weight is 389 g/mol. The van der Waals surface area contributed by atoms with E-state index in [9.17, 15) is 0 Å². The molecule has 0 aliphatic carbocycles. The van der Waals surface area contributed by atoms with Crippen molar-refractivity contribution in [2.45, 2.75) is 130 Å². The van der Waals surface area contributed by atoms with Crippen LogP contribution in [-0.4, -0.2) is 12.1 Å². The van der Waals surface area contributed by atoms with E-state index in [0.29, 0.717) is 12.1 Å². The number of nitrogens with one attached hydrogen (secondary N) is 2. The normalized spacial score (nSPS) is 13.3. The highest BCUT2D eigenvalue weighted by Crippen LogP contribution is 2.24. The van der Waals surface area contributed by atoms with E-state index in [1.54, 1.807) is 0 Å². The third-order valence-corrected chi connectivity index (χ3v) is 5.71. The molecule has 2 unspecified atom stereocenters. The van der Waals surface area contributed by atoms with E-state index >= 15 is 0 Å². The first kappa shape index (κ1) is 24.9. The van der Waals surface area contributed by atoms with Crippen molar-refractivity contribution in [3.05, 3.63) is 24.3 Å². The number of para-hydroxylation sites is 2. The van der Waals surface area contributed by atoms with E-state index in [4.69, 9.17) is 0 Å². The molecule has 2 N–H and O–H groups in total. The van der Waals surface area contributed by atoms with E-state index in [0.717, 1.165) is 0 Å². The second-order valence-electron chi connectivity index (χ2n) is 8.75. The van der Waals surface area contributed by atoms with Gasteiger partial charge < -0.3 is 10.6 Å². The second-order valence-corrected chi connectivity index (χ2v) is 8.75. The van der Waals surface area contributed by atoms with Crippen molar-refractivity contribution in [1.29, 1.82) is 0 Å². The van der Waals surface area contributed by atoms with Crippen molar-refractivity contribution < 1.29 is 0 Å². The molecule has 2 nitrogen and oxygen atoms in total. The Morgan fingerprint density at radius 2 is 0.929 bits per heavy atom. The predicted octanol–water partition coefficient (Wildman–Crippen LogP) is 8.79. The topological polar surface area (TPSA) is 24.1 Å². The van der Waals surface area contributed by atoms with Gasteiger partial charge in [0.1, 0.15) is 0 Å². The van der Waals surface area contributed by atoms with E-state index in [2.05, 4.69) is 62.6 Å². The highest BCUT2D eigenvalue weighted by molar-refractivity contribution is 5.69. The van der Waals surface area contributed by atoms with Gasteiger partial charge in [-0.05, 0) is 38.8 Å². The van der Waals surface area contributed by atoms with Crippen LogP contribution >= 0.6 is 0 Å². The Morgan fingerprint density at radius 3 is 1.32 bits per heavy atom. The highest BCUT2D eigenvalue weighted by atomic mass is 15.0. The number of benzene rings is 1. The van der Waals surface area contributed by atoms with Gasteiger partial charge in [-0.1, -0.05) is 103 Å². The number of hydrogen-bond acceptors (Lipinski definition) is 2. The summed E-state index contributed by atoms with van der Waals surface area (Å²) in [5.41, 5.74) is 2.52. The summed E-state index contributed by atoms with van der Waals surface area (Å²) < 4.78 is 0. The van der Waals surface area contributed by atoms with Crippen LogP contribution in [0.1, 0.15) is 118 Å². The van der Waals surface area contributed by atoms with Gasteiger partial charge >= 0.3 is 0 Å². The molecule has 0 aliphatic rings. The van der Waals surface area contributed by atoms with Crippen LogP contribution in [0.5, 0.6) is 0 Å². The SMILES string of the molecule is CCCCCCCCC(C)Nc1ccccc1NC(C)CCCCCCCC. The summed E-state index contributed by atoms with van der Waals surface area (Å²) in [4.78, 5) is 0. The smallest absolute Gasteiger partial charge is 0.0578 e. The number of anilines is 2. The Bertz CT molecular complexity index is 428. The predicted molar refractivity (Wildman–Crippen MR) is 129 cm³/mol. The molecule has 1 aromatic carbocycles. The van der Waals surface area contributed by atoms with Gasteiger partial charge in [0.05, 0.1) is 11.4 Å². The van der Waals surface area contributed by atoms with E-state index in [1.165, 1.54) is 101 Å². The maximum Gasteiger partial charge on any atom is 0.0578 e. The molecular weight excluding hydrogens is 340 g/mol. The van der Waals surface area contributed by atoms with Gasteiger partial charge in [-0.25, -0.2) is 0 Å². The van der Waals surface area contributed by atoms with Crippen molar-refractivity contribution in [3.8, 4) is 0 Å². The van der Waals surface area contributed by atoms with Crippen molar-refractivity contribution in [3.63, 3.8) is 0 Å². The highest BCUT2D eigenvalue weighted by Gasteiger charge is 2.09. The Balaban J connectivity index is 2.30. The van der Waals surface area contributed by atoms with E-state index < -0.39 is 0 Å². The Morgan fingerprint density at radius 1 is 0.571 bits per heavy atom. The van der Waals surface area contributed by atoms with Crippen LogP contribution in [0.25, 0.3) is 0 Å². The van der Waals surface area contributed by atoms with Gasteiger partial charge in [0.15, 0.2) is 0 Å². The van der Waals surface area contributed by atoms with Gasteiger partial charge in [-0.3, -0.25) is 0 Å². The summed E-state index contributed by atoms with van der Waals surface area (Å²) in [5.74, 6) is 0. The van der Waals surface area contributed by atoms with Crippen molar-refractivity contribution in [1.82, 2.24) is 0 Å². The first-order valence-corrected chi connectivity index (χ1v) is 12.3. The molecule has 0 fully saturated rings. The molecule has 0 amide bonds. The zero-order valence-electron chi connectivity index (χ0n) is 19.4. The molecule has 0 saturated heterocycles. The standard InChI is InChI=1S/C26H48N2/c1-5-7-9-11-13-15-19-23(3)27-25-21-17-18-22-26(25)28-24(4)20-16-14-12-10-8-6-2/h17-18,21-24,27-28H,5-16,19-20H2,1-4H3. The Labute approximate surface area is 176 Å². The molecular formula is C26H48N2. The Hall–Kier alpha value is -1.18. The molecule has 0 bridgehead atoms. The van der Waals surface area contributed by atoms with Crippen LogP contribution in [0.15, 0.2) is 24.3 Å². The molecule has 0 radical (unpaired) electrons. The lowest BCUT2D eigenvalue weighted by atomic mass is 10.1. The third-order valence-electron chi connectivity index (χ3n) is 5.71. The zero-order valence-corrected chi connectivity index (χ0v) is 19.4. The summed E-state index contributed by atoms with van der Waals surface area (Å²) in [6.45, 7) is 9.21. The van der Waals surface area contributed by atoms with E-state index in [-0.39, 0.29) is 0 Å². The van der Waals surface area contributed by atoms with Gasteiger partial charge in [0, 0.05) is 12.1 Å². The average Bonchev–Trinajstić information content (AvgIpc) is 2.69. The quantitative estimate of drug-likeness (QED) is 0.245. The summed E-state index contributed by atoms with van der Waals surface area (Å²) >= 11 is 0. The van der Waals surface area contributed by atoms with Crippen LogP contribution in [0.2, 0.25) is 0 Å². The van der Waals surface area contributed by atoms with E-state index in [1.807, 2.05) is 0 Å². The minimum atomic E-state index is 0.531. The second kappa shape index (κ2) is 16.7. The summed E-state index contributed by atoms with van der Waals surface area (Å²) in [6.07, 6.45) is 19.0. The van der Waals surface area contributed by atoms with Gasteiger partial charge in [-0.2, -0.15) is 0 Å². The van der Waals surface area contributed by atoms with Crippen molar-refractivity contribution in [2.75, 3.05) is 10.6 Å². The molecule has 0 spiro atoms. The molecule has 0 heterocycles. The van der Waals surface area contributed by atoms with Crippen LogP contribution in [-0.2, 0) is 0 Å². The maximum absolute atomic E-state index is 3.75. The van der Waals surface area contributed by atoms with Gasteiger partial charge in [-0.15, -0.1) is 0 Å². The largest absolute Gasteiger partial charge is 0.381 e. The molecule has 0 aromatic heterocycles.